The Balaban J connectivity index is 0.000000194. The van der Waals surface area contributed by atoms with Crippen molar-refractivity contribution in [3.63, 3.8) is 0 Å². The average Bonchev–Trinajstić information content (AvgIpc) is 3.62. The topological polar surface area (TPSA) is 86.0 Å². The first-order chi connectivity index (χ1) is 23.9. The van der Waals surface area contributed by atoms with E-state index in [1.165, 1.54) is 17.0 Å². The van der Waals surface area contributed by atoms with Gasteiger partial charge in [-0.25, -0.2) is 9.59 Å². The number of esters is 2. The van der Waals surface area contributed by atoms with Crippen LogP contribution < -0.4 is 9.80 Å². The third kappa shape index (κ3) is 7.26. The van der Waals surface area contributed by atoms with Gasteiger partial charge in [-0.1, -0.05) is 24.4 Å². The summed E-state index contributed by atoms with van der Waals surface area (Å²) in [6, 6.07) is 19.9. The molecule has 0 N–H and O–H groups in total. The fourth-order valence-electron chi connectivity index (χ4n) is 6.98. The molecule has 2 unspecified atom stereocenters. The first kappa shape index (κ1) is 36.6. The lowest BCUT2D eigenvalue weighted by Crippen LogP contribution is -2.46. The summed E-state index contributed by atoms with van der Waals surface area (Å²) in [4.78, 5) is 41.4. The van der Waals surface area contributed by atoms with Crippen LogP contribution in [0, 0.1) is 27.7 Å². The van der Waals surface area contributed by atoms with Gasteiger partial charge in [0.2, 0.25) is 5.91 Å². The molecule has 2 aromatic carbocycles. The minimum Gasteiger partial charge on any atom is -0.464 e. The van der Waals surface area contributed by atoms with E-state index in [-0.39, 0.29) is 17.8 Å². The van der Waals surface area contributed by atoms with Gasteiger partial charge in [-0.3, -0.25) is 9.69 Å². The minimum absolute atomic E-state index is 0.0360. The maximum Gasteiger partial charge on any atom is 0.328 e. The van der Waals surface area contributed by atoms with Crippen molar-refractivity contribution in [3.05, 3.63) is 94.6 Å². The highest BCUT2D eigenvalue weighted by Crippen LogP contribution is 2.35. The van der Waals surface area contributed by atoms with E-state index in [1.807, 2.05) is 24.8 Å². The fourth-order valence-corrected chi connectivity index (χ4v) is 7.34. The van der Waals surface area contributed by atoms with E-state index in [2.05, 4.69) is 91.4 Å². The summed E-state index contributed by atoms with van der Waals surface area (Å²) in [5.74, 6) is -0.648. The van der Waals surface area contributed by atoms with Gasteiger partial charge in [0, 0.05) is 58.4 Å². The molecule has 0 fully saturated rings. The predicted molar refractivity (Wildman–Crippen MR) is 202 cm³/mol. The Morgan fingerprint density at radius 3 is 1.48 bits per heavy atom. The molecule has 2 aromatic heterocycles. The SMILES string of the molecule is CCOC(=O)C(C)N1C(=O)CCc2ccc(-n3c(C)ccc3C)cc21.CCOC(=O)C(C)N1C(=S)CCc2ccc(-n3c(C)ccc3C)cc21. The molecule has 4 heterocycles. The average molecular weight is 697 g/mol. The Labute approximate surface area is 300 Å². The molecule has 4 aromatic rings. The second kappa shape index (κ2) is 15.5. The van der Waals surface area contributed by atoms with E-state index in [9.17, 15) is 14.4 Å². The van der Waals surface area contributed by atoms with Crippen molar-refractivity contribution in [3.8, 4) is 11.4 Å². The lowest BCUT2D eigenvalue weighted by molar-refractivity contribution is -0.145. The summed E-state index contributed by atoms with van der Waals surface area (Å²) in [5, 5.41) is 0. The number of rotatable bonds is 8. The van der Waals surface area contributed by atoms with E-state index in [0.717, 1.165) is 57.5 Å². The summed E-state index contributed by atoms with van der Waals surface area (Å²) < 4.78 is 14.7. The van der Waals surface area contributed by atoms with Crippen molar-refractivity contribution < 1.29 is 23.9 Å². The molecule has 0 bridgehead atoms. The largest absolute Gasteiger partial charge is 0.464 e. The molecule has 50 heavy (non-hydrogen) atoms. The minimum atomic E-state index is -0.631. The van der Waals surface area contributed by atoms with Crippen LogP contribution in [0.1, 0.15) is 74.4 Å². The quantitative estimate of drug-likeness (QED) is 0.140. The Bertz CT molecular complexity index is 1750. The Kier molecular flexibility index (Phi) is 11.3. The number of thiocarbonyl (C=S) groups is 1. The zero-order valence-electron chi connectivity index (χ0n) is 30.4. The third-order valence-electron chi connectivity index (χ3n) is 9.50. The molecule has 2 aliphatic heterocycles. The van der Waals surface area contributed by atoms with Crippen LogP contribution in [0.3, 0.4) is 0 Å². The van der Waals surface area contributed by atoms with Crippen molar-refractivity contribution in [2.75, 3.05) is 23.0 Å². The van der Waals surface area contributed by atoms with Crippen molar-refractivity contribution in [2.45, 2.75) is 93.2 Å². The zero-order chi connectivity index (χ0) is 36.3. The summed E-state index contributed by atoms with van der Waals surface area (Å²) >= 11 is 5.59. The van der Waals surface area contributed by atoms with E-state index in [4.69, 9.17) is 21.7 Å². The van der Waals surface area contributed by atoms with Crippen molar-refractivity contribution in [2.24, 2.45) is 0 Å². The number of anilines is 2. The van der Waals surface area contributed by atoms with Gasteiger partial charge in [0.1, 0.15) is 12.1 Å². The molecular weight excluding hydrogens is 649 g/mol. The molecule has 0 saturated heterocycles. The number of hydrogen-bond acceptors (Lipinski definition) is 6. The van der Waals surface area contributed by atoms with Crippen molar-refractivity contribution in [1.29, 1.82) is 0 Å². The summed E-state index contributed by atoms with van der Waals surface area (Å²) in [6.45, 7) is 16.1. The van der Waals surface area contributed by atoms with Crippen molar-refractivity contribution in [1.82, 2.24) is 9.13 Å². The normalized spacial score (nSPS) is 15.0. The first-order valence-corrected chi connectivity index (χ1v) is 17.8. The first-order valence-electron chi connectivity index (χ1n) is 17.4. The lowest BCUT2D eigenvalue weighted by atomic mass is 9.98. The second-order valence-electron chi connectivity index (χ2n) is 12.9. The molecule has 264 valence electrons. The maximum absolute atomic E-state index is 12.6. The number of aryl methyl sites for hydroxylation is 6. The zero-order valence-corrected chi connectivity index (χ0v) is 31.2. The van der Waals surface area contributed by atoms with Gasteiger partial charge in [-0.15, -0.1) is 0 Å². The maximum atomic E-state index is 12.6. The van der Waals surface area contributed by atoms with E-state index >= 15 is 0 Å². The Morgan fingerprint density at radius 2 is 1.04 bits per heavy atom. The van der Waals surface area contributed by atoms with Gasteiger partial charge in [-0.2, -0.15) is 0 Å². The summed E-state index contributed by atoms with van der Waals surface area (Å²) in [5.41, 5.74) is 10.8. The van der Waals surface area contributed by atoms with Gasteiger partial charge in [0.25, 0.3) is 0 Å². The number of aromatic nitrogens is 2. The summed E-state index contributed by atoms with van der Waals surface area (Å²) in [6.07, 6.45) is 2.80. The number of hydrogen-bond donors (Lipinski definition) is 0. The van der Waals surface area contributed by atoms with Crippen LogP contribution in [0.25, 0.3) is 11.4 Å². The van der Waals surface area contributed by atoms with Gasteiger partial charge >= 0.3 is 11.9 Å². The van der Waals surface area contributed by atoms with E-state index in [1.54, 1.807) is 18.7 Å². The van der Waals surface area contributed by atoms with Crippen molar-refractivity contribution >= 4 is 46.4 Å². The number of amides is 1. The molecule has 2 aliphatic rings. The van der Waals surface area contributed by atoms with Gasteiger partial charge < -0.3 is 23.5 Å². The molecular formula is C40H48N4O5S. The third-order valence-corrected chi connectivity index (χ3v) is 9.90. The molecule has 0 aliphatic carbocycles. The molecule has 6 rings (SSSR count). The molecule has 10 heteroatoms. The number of carbonyl (C=O) groups is 3. The summed E-state index contributed by atoms with van der Waals surface area (Å²) in [7, 11) is 0. The monoisotopic (exact) mass is 696 g/mol. The number of ether oxygens (including phenoxy) is 2. The highest BCUT2D eigenvalue weighted by atomic mass is 32.1. The van der Waals surface area contributed by atoms with E-state index in [0.29, 0.717) is 26.1 Å². The van der Waals surface area contributed by atoms with Crippen LogP contribution in [-0.2, 0) is 36.7 Å². The molecule has 2 atom stereocenters. The molecule has 0 spiro atoms. The smallest absolute Gasteiger partial charge is 0.328 e. The van der Waals surface area contributed by atoms with Crippen LogP contribution in [-0.4, -0.2) is 57.3 Å². The molecule has 1 amide bonds. The fraction of sp³-hybridized carbons (Fsp3) is 0.400. The van der Waals surface area contributed by atoms with Gasteiger partial charge in [0.15, 0.2) is 0 Å². The number of nitrogens with zero attached hydrogens (tertiary/aromatic N) is 4. The number of carbonyl (C=O) groups excluding carboxylic acids is 3. The van der Waals surface area contributed by atoms with Crippen LogP contribution in [0.15, 0.2) is 60.7 Å². The van der Waals surface area contributed by atoms with Crippen LogP contribution in [0.5, 0.6) is 0 Å². The Hall–Kier alpha value is -4.70. The number of fused-ring (bicyclic) bond motifs is 2. The highest BCUT2D eigenvalue weighted by molar-refractivity contribution is 7.80. The lowest BCUT2D eigenvalue weighted by Gasteiger charge is -2.35. The van der Waals surface area contributed by atoms with Crippen LogP contribution >= 0.6 is 12.2 Å². The molecule has 0 saturated carbocycles. The van der Waals surface area contributed by atoms with Gasteiger partial charge in [-0.05, 0) is 128 Å². The predicted octanol–water partition coefficient (Wildman–Crippen LogP) is 7.45. The van der Waals surface area contributed by atoms with Crippen LogP contribution in [0.4, 0.5) is 11.4 Å². The molecule has 9 nitrogen and oxygen atoms in total. The van der Waals surface area contributed by atoms with E-state index < -0.39 is 12.1 Å². The second-order valence-corrected chi connectivity index (χ2v) is 13.4. The highest BCUT2D eigenvalue weighted by Gasteiger charge is 2.33. The standard InChI is InChI=1S/C20H24N2O3.C20H24N2O2S/c1-5-25-20(24)15(4)22-18-12-17(21-13(2)6-7-14(21)3)10-8-16(18)9-11-19(22)23;1-5-24-20(23)15(4)22-18-12-17(21-13(2)6-7-14(21)3)10-8-16(18)9-11-19(22)25/h2*6-8,10,12,15H,5,9,11H2,1-4H3. The van der Waals surface area contributed by atoms with Crippen LogP contribution in [0.2, 0.25) is 0 Å². The van der Waals surface area contributed by atoms with Gasteiger partial charge in [0.05, 0.1) is 18.2 Å². The number of benzene rings is 2. The Morgan fingerprint density at radius 1 is 0.640 bits per heavy atom. The molecule has 0 radical (unpaired) electrons.